The van der Waals surface area contributed by atoms with Gasteiger partial charge in [-0.05, 0) is 24.3 Å². The molecule has 0 radical (unpaired) electrons. The lowest BCUT2D eigenvalue weighted by Gasteiger charge is -2.19. The predicted molar refractivity (Wildman–Crippen MR) is 104 cm³/mol. The molecule has 134 valence electrons. The molecular formula is C18H28ClN3O2. The number of pyridine rings is 1. The van der Waals surface area contributed by atoms with Crippen molar-refractivity contribution >= 4 is 28.7 Å². The molecule has 6 heteroatoms. The number of non-ortho nitro benzene ring substituents is 1. The molecule has 24 heavy (non-hydrogen) atoms. The van der Waals surface area contributed by atoms with Gasteiger partial charge in [0.15, 0.2) is 0 Å². The topological polar surface area (TPSA) is 59.3 Å². The molecule has 0 N–H and O–H groups in total. The molecule has 2 aromatic rings. The van der Waals surface area contributed by atoms with Crippen LogP contribution in [0.3, 0.4) is 0 Å². The molecule has 0 aliphatic rings. The predicted octanol–water partition coefficient (Wildman–Crippen LogP) is 6.49. The second-order valence-electron chi connectivity index (χ2n) is 3.67. The largest absolute Gasteiger partial charge is 0.344 e. The van der Waals surface area contributed by atoms with Gasteiger partial charge in [-0.25, -0.2) is 4.98 Å². The fraction of sp³-hybridized carbons (Fsp3) is 0.389. The van der Waals surface area contributed by atoms with Crippen molar-refractivity contribution in [2.75, 3.05) is 11.9 Å². The van der Waals surface area contributed by atoms with Crippen LogP contribution < -0.4 is 4.90 Å². The highest BCUT2D eigenvalue weighted by atomic mass is 35.5. The summed E-state index contributed by atoms with van der Waals surface area (Å²) in [4.78, 5) is 15.9. The van der Waals surface area contributed by atoms with Crippen molar-refractivity contribution in [2.24, 2.45) is 0 Å². The van der Waals surface area contributed by atoms with Crippen molar-refractivity contribution in [1.82, 2.24) is 4.98 Å². The minimum absolute atomic E-state index is 0.0694. The van der Waals surface area contributed by atoms with Crippen molar-refractivity contribution in [3.05, 3.63) is 57.9 Å². The molecule has 0 aliphatic carbocycles. The van der Waals surface area contributed by atoms with Crippen molar-refractivity contribution < 1.29 is 4.92 Å². The van der Waals surface area contributed by atoms with Crippen molar-refractivity contribution in [3.63, 3.8) is 0 Å². The third kappa shape index (κ3) is 7.92. The Kier molecular flexibility index (Phi) is 14.5. The van der Waals surface area contributed by atoms with E-state index in [1.807, 2.05) is 59.6 Å². The monoisotopic (exact) mass is 353 g/mol. The lowest BCUT2D eigenvalue weighted by Crippen LogP contribution is -2.09. The molecule has 0 aliphatic heterocycles. The maximum absolute atomic E-state index is 10.6. The molecular weight excluding hydrogens is 326 g/mol. The highest BCUT2D eigenvalue weighted by molar-refractivity contribution is 6.29. The van der Waals surface area contributed by atoms with E-state index in [1.165, 1.54) is 12.1 Å². The van der Waals surface area contributed by atoms with Gasteiger partial charge in [0.2, 0.25) is 0 Å². The highest BCUT2D eigenvalue weighted by Crippen LogP contribution is 2.26. The van der Waals surface area contributed by atoms with Crippen LogP contribution in [0.25, 0.3) is 0 Å². The van der Waals surface area contributed by atoms with Gasteiger partial charge >= 0.3 is 0 Å². The Morgan fingerprint density at radius 1 is 0.958 bits per heavy atom. The lowest BCUT2D eigenvalue weighted by atomic mass is 10.2. The van der Waals surface area contributed by atoms with Gasteiger partial charge in [-0.3, -0.25) is 10.1 Å². The van der Waals surface area contributed by atoms with Gasteiger partial charge in [0.1, 0.15) is 5.15 Å². The molecule has 5 nitrogen and oxygen atoms in total. The van der Waals surface area contributed by atoms with Crippen LogP contribution in [0, 0.1) is 10.1 Å². The summed E-state index contributed by atoms with van der Waals surface area (Å²) in [6, 6.07) is 9.85. The zero-order valence-corrected chi connectivity index (χ0v) is 16.3. The molecule has 2 rings (SSSR count). The van der Waals surface area contributed by atoms with E-state index in [0.717, 1.165) is 11.4 Å². The molecule has 0 spiro atoms. The average molecular weight is 354 g/mol. The molecule has 0 saturated carbocycles. The van der Waals surface area contributed by atoms with Crippen LogP contribution >= 0.6 is 11.6 Å². The first-order chi connectivity index (χ1) is 11.6. The van der Waals surface area contributed by atoms with Crippen LogP contribution in [0.5, 0.6) is 0 Å². The summed E-state index contributed by atoms with van der Waals surface area (Å²) in [5, 5.41) is 11.0. The molecule has 0 unspecified atom stereocenters. The Morgan fingerprint density at radius 3 is 1.88 bits per heavy atom. The molecule has 0 fully saturated rings. The molecule has 1 aromatic heterocycles. The van der Waals surface area contributed by atoms with Gasteiger partial charge in [0.05, 0.1) is 4.92 Å². The number of hydrogen-bond acceptors (Lipinski definition) is 4. The fourth-order valence-corrected chi connectivity index (χ4v) is 1.72. The van der Waals surface area contributed by atoms with Gasteiger partial charge in [-0.15, -0.1) is 0 Å². The minimum Gasteiger partial charge on any atom is -0.344 e. The number of nitrogens with zero attached hydrogens (tertiary/aromatic N) is 3. The summed E-state index contributed by atoms with van der Waals surface area (Å²) in [5.41, 5.74) is 1.77. The van der Waals surface area contributed by atoms with Crippen LogP contribution in [0.1, 0.15) is 41.5 Å². The van der Waals surface area contributed by atoms with E-state index < -0.39 is 4.92 Å². The summed E-state index contributed by atoms with van der Waals surface area (Å²) in [5.74, 6) is 0. The normalized spacial score (nSPS) is 8.33. The van der Waals surface area contributed by atoms with Gasteiger partial charge in [0.25, 0.3) is 5.69 Å². The van der Waals surface area contributed by atoms with Crippen LogP contribution in [0.15, 0.2) is 42.6 Å². The Balaban J connectivity index is 0. The standard InChI is InChI=1S/C12H10ClN3O2.3C2H6/c1-15(11-6-7-14-12(13)8-11)9-2-4-10(5-3-9)16(17)18;3*1-2/h2-8H,1H3;3*1-2H3. The Labute approximate surface area is 150 Å². The summed E-state index contributed by atoms with van der Waals surface area (Å²) in [6.07, 6.45) is 1.61. The SMILES string of the molecule is CC.CC.CC.CN(c1ccc([N+](=O)[O-])cc1)c1ccnc(Cl)c1. The number of nitro benzene ring substituents is 1. The first-order valence-electron chi connectivity index (χ1n) is 8.17. The number of nitro groups is 1. The van der Waals surface area contributed by atoms with E-state index in [9.17, 15) is 10.1 Å². The minimum atomic E-state index is -0.424. The van der Waals surface area contributed by atoms with Crippen LogP contribution in [0.4, 0.5) is 17.1 Å². The first-order valence-corrected chi connectivity index (χ1v) is 8.55. The van der Waals surface area contributed by atoms with Gasteiger partial charge in [-0.1, -0.05) is 53.1 Å². The maximum atomic E-state index is 10.6. The van der Waals surface area contributed by atoms with Gasteiger partial charge < -0.3 is 4.90 Å². The second-order valence-corrected chi connectivity index (χ2v) is 4.06. The molecule has 0 atom stereocenters. The van der Waals surface area contributed by atoms with Crippen molar-refractivity contribution in [1.29, 1.82) is 0 Å². The summed E-state index contributed by atoms with van der Waals surface area (Å²) >= 11 is 5.82. The summed E-state index contributed by atoms with van der Waals surface area (Å²) in [7, 11) is 1.85. The van der Waals surface area contributed by atoms with E-state index in [1.54, 1.807) is 24.4 Å². The summed E-state index contributed by atoms with van der Waals surface area (Å²) in [6.45, 7) is 12.0. The smallest absolute Gasteiger partial charge is 0.269 e. The zero-order chi connectivity index (χ0) is 19.1. The lowest BCUT2D eigenvalue weighted by molar-refractivity contribution is -0.384. The molecule has 0 amide bonds. The third-order valence-electron chi connectivity index (χ3n) is 2.55. The Morgan fingerprint density at radius 2 is 1.46 bits per heavy atom. The number of halogens is 1. The van der Waals surface area contributed by atoms with E-state index in [-0.39, 0.29) is 5.69 Å². The molecule has 0 bridgehead atoms. The van der Waals surface area contributed by atoms with Crippen LogP contribution in [-0.2, 0) is 0 Å². The fourth-order valence-electron chi connectivity index (χ4n) is 1.55. The van der Waals surface area contributed by atoms with Crippen molar-refractivity contribution in [2.45, 2.75) is 41.5 Å². The van der Waals surface area contributed by atoms with Crippen LogP contribution in [-0.4, -0.2) is 17.0 Å². The number of rotatable bonds is 3. The summed E-state index contributed by atoms with van der Waals surface area (Å²) < 4.78 is 0. The van der Waals surface area contributed by atoms with E-state index >= 15 is 0 Å². The highest BCUT2D eigenvalue weighted by Gasteiger charge is 2.08. The Bertz CT molecular complexity index is 575. The van der Waals surface area contributed by atoms with Gasteiger partial charge in [-0.2, -0.15) is 0 Å². The molecule has 0 saturated heterocycles. The van der Waals surface area contributed by atoms with Crippen LogP contribution in [0.2, 0.25) is 5.15 Å². The zero-order valence-electron chi connectivity index (χ0n) is 15.6. The average Bonchev–Trinajstić information content (AvgIpc) is 2.66. The van der Waals surface area contributed by atoms with E-state index in [0.29, 0.717) is 5.15 Å². The van der Waals surface area contributed by atoms with Gasteiger partial charge in [0, 0.05) is 36.8 Å². The van der Waals surface area contributed by atoms with E-state index in [4.69, 9.17) is 11.6 Å². The Hall–Kier alpha value is -2.14. The number of hydrogen-bond donors (Lipinski definition) is 0. The third-order valence-corrected chi connectivity index (χ3v) is 2.75. The number of anilines is 2. The van der Waals surface area contributed by atoms with E-state index in [2.05, 4.69) is 4.98 Å². The molecule has 1 heterocycles. The second kappa shape index (κ2) is 14.5. The number of benzene rings is 1. The number of aromatic nitrogens is 1. The quantitative estimate of drug-likeness (QED) is 0.359. The molecule has 1 aromatic carbocycles. The van der Waals surface area contributed by atoms with Crippen molar-refractivity contribution in [3.8, 4) is 0 Å². The maximum Gasteiger partial charge on any atom is 0.269 e. The first kappa shape index (κ1) is 24.1.